The number of nitrogens with one attached hydrogen (secondary N) is 3. The van der Waals surface area contributed by atoms with Gasteiger partial charge in [0.15, 0.2) is 0 Å². The lowest BCUT2D eigenvalue weighted by atomic mass is 10.1. The normalized spacial score (nSPS) is 12.4. The van der Waals surface area contributed by atoms with Crippen molar-refractivity contribution in [3.05, 3.63) is 65.7 Å². The minimum atomic E-state index is -0.155. The molecule has 2 amide bonds. The number of carbonyl (C=O) groups is 2. The summed E-state index contributed by atoms with van der Waals surface area (Å²) in [4.78, 5) is 24.4. The summed E-state index contributed by atoms with van der Waals surface area (Å²) in [6.07, 6.45) is 0. The Hall–Kier alpha value is -2.37. The van der Waals surface area contributed by atoms with Crippen molar-refractivity contribution in [2.45, 2.75) is 19.9 Å². The number of benzene rings is 2. The molecule has 6 heteroatoms. The van der Waals surface area contributed by atoms with E-state index in [0.29, 0.717) is 17.8 Å². The van der Waals surface area contributed by atoms with Crippen LogP contribution < -0.4 is 16.0 Å². The van der Waals surface area contributed by atoms with Gasteiger partial charge in [-0.3, -0.25) is 9.59 Å². The fourth-order valence-corrected chi connectivity index (χ4v) is 2.52. The van der Waals surface area contributed by atoms with Gasteiger partial charge in [0.1, 0.15) is 0 Å². The molecule has 0 saturated heterocycles. The Morgan fingerprint density at radius 2 is 1.69 bits per heavy atom. The lowest BCUT2D eigenvalue weighted by Crippen LogP contribution is -2.35. The molecule has 0 aliphatic carbocycles. The molecule has 140 valence electrons. The highest BCUT2D eigenvalue weighted by Gasteiger charge is 2.16. The highest BCUT2D eigenvalue weighted by atomic mass is 35.5. The number of carbonyl (C=O) groups excluding carboxylic acids is 2. The maximum atomic E-state index is 12.2. The van der Waals surface area contributed by atoms with Gasteiger partial charge in [0, 0.05) is 23.7 Å². The summed E-state index contributed by atoms with van der Waals surface area (Å²) in [5, 5.41) is 8.89. The van der Waals surface area contributed by atoms with Gasteiger partial charge >= 0.3 is 0 Å². The molecule has 0 aliphatic rings. The second-order valence-electron chi connectivity index (χ2n) is 6.13. The molecule has 0 spiro atoms. The van der Waals surface area contributed by atoms with Gasteiger partial charge in [0.25, 0.3) is 5.91 Å². The molecule has 2 atom stereocenters. The minimum absolute atomic E-state index is 0. The van der Waals surface area contributed by atoms with Crippen molar-refractivity contribution in [3.8, 4) is 0 Å². The van der Waals surface area contributed by atoms with Gasteiger partial charge in [0.2, 0.25) is 5.91 Å². The first kappa shape index (κ1) is 21.7. The van der Waals surface area contributed by atoms with Gasteiger partial charge in [-0.15, -0.1) is 12.4 Å². The van der Waals surface area contributed by atoms with Crippen molar-refractivity contribution >= 4 is 29.9 Å². The maximum absolute atomic E-state index is 12.2. The molecular formula is C20H26ClN3O2. The van der Waals surface area contributed by atoms with Crippen molar-refractivity contribution in [1.29, 1.82) is 0 Å². The smallest absolute Gasteiger partial charge is 0.255 e. The van der Waals surface area contributed by atoms with Crippen molar-refractivity contribution in [2.24, 2.45) is 5.92 Å². The zero-order valence-electron chi connectivity index (χ0n) is 15.3. The van der Waals surface area contributed by atoms with Crippen molar-refractivity contribution < 1.29 is 9.59 Å². The van der Waals surface area contributed by atoms with E-state index in [9.17, 15) is 9.59 Å². The molecule has 0 aromatic heterocycles. The third kappa shape index (κ3) is 6.17. The van der Waals surface area contributed by atoms with Gasteiger partial charge in [-0.1, -0.05) is 37.3 Å². The number of rotatable bonds is 7. The molecule has 2 rings (SSSR count). The highest BCUT2D eigenvalue weighted by Crippen LogP contribution is 2.18. The molecule has 2 aromatic rings. The second kappa shape index (κ2) is 10.6. The molecule has 0 radical (unpaired) electrons. The largest absolute Gasteiger partial charge is 0.349 e. The summed E-state index contributed by atoms with van der Waals surface area (Å²) in [7, 11) is 1.83. The van der Waals surface area contributed by atoms with Crippen LogP contribution in [0.25, 0.3) is 0 Å². The number of hydrogen-bond donors (Lipinski definition) is 3. The van der Waals surface area contributed by atoms with E-state index in [1.54, 1.807) is 12.1 Å². The highest BCUT2D eigenvalue weighted by molar-refractivity contribution is 6.04. The van der Waals surface area contributed by atoms with E-state index in [0.717, 1.165) is 5.56 Å². The number of halogens is 1. The molecule has 0 heterocycles. The van der Waals surface area contributed by atoms with Crippen LogP contribution in [0.1, 0.15) is 35.8 Å². The van der Waals surface area contributed by atoms with Gasteiger partial charge in [-0.2, -0.15) is 0 Å². The third-order valence-corrected chi connectivity index (χ3v) is 4.00. The Morgan fingerprint density at radius 3 is 2.35 bits per heavy atom. The van der Waals surface area contributed by atoms with Gasteiger partial charge in [-0.25, -0.2) is 0 Å². The molecule has 0 fully saturated rings. The van der Waals surface area contributed by atoms with Crippen LogP contribution in [0, 0.1) is 5.92 Å². The minimum Gasteiger partial charge on any atom is -0.349 e. The summed E-state index contributed by atoms with van der Waals surface area (Å²) in [6.45, 7) is 4.45. The molecule has 0 saturated carbocycles. The average Bonchev–Trinajstić information content (AvgIpc) is 2.62. The third-order valence-electron chi connectivity index (χ3n) is 4.00. The summed E-state index contributed by atoms with van der Waals surface area (Å²) < 4.78 is 0. The lowest BCUT2D eigenvalue weighted by Gasteiger charge is -2.18. The van der Waals surface area contributed by atoms with E-state index in [-0.39, 0.29) is 36.2 Å². The maximum Gasteiger partial charge on any atom is 0.255 e. The SMILES string of the molecule is CNCC(C)C(=O)NC(C)c1cccc(NC(=O)c2ccccc2)c1.Cl. The van der Waals surface area contributed by atoms with Crippen LogP contribution in [0.5, 0.6) is 0 Å². The van der Waals surface area contributed by atoms with E-state index < -0.39 is 0 Å². The molecule has 3 N–H and O–H groups in total. The van der Waals surface area contributed by atoms with Gasteiger partial charge in [0.05, 0.1) is 6.04 Å². The number of anilines is 1. The molecule has 2 aromatic carbocycles. The summed E-state index contributed by atoms with van der Waals surface area (Å²) in [5.41, 5.74) is 2.25. The Balaban J connectivity index is 0.00000338. The molecule has 2 unspecified atom stereocenters. The predicted molar refractivity (Wildman–Crippen MR) is 108 cm³/mol. The Kier molecular flexibility index (Phi) is 8.82. The zero-order valence-corrected chi connectivity index (χ0v) is 16.1. The Morgan fingerprint density at radius 1 is 1.00 bits per heavy atom. The van der Waals surface area contributed by atoms with Gasteiger partial charge in [-0.05, 0) is 43.8 Å². The lowest BCUT2D eigenvalue weighted by molar-refractivity contribution is -0.125. The molecule has 26 heavy (non-hydrogen) atoms. The Labute approximate surface area is 161 Å². The number of hydrogen-bond acceptors (Lipinski definition) is 3. The first-order valence-electron chi connectivity index (χ1n) is 8.42. The van der Waals surface area contributed by atoms with Crippen molar-refractivity contribution in [2.75, 3.05) is 18.9 Å². The predicted octanol–water partition coefficient (Wildman–Crippen LogP) is 3.39. The van der Waals surface area contributed by atoms with E-state index in [1.165, 1.54) is 0 Å². The van der Waals surface area contributed by atoms with E-state index in [4.69, 9.17) is 0 Å². The standard InChI is InChI=1S/C20H25N3O2.ClH/c1-14(13-21-3)19(24)22-15(2)17-10-7-11-18(12-17)23-20(25)16-8-5-4-6-9-16;/h4-12,14-15,21H,13H2,1-3H3,(H,22,24)(H,23,25);1H. The summed E-state index contributed by atoms with van der Waals surface area (Å²) in [5.74, 6) is -0.258. The van der Waals surface area contributed by atoms with Crippen LogP contribution in [0.15, 0.2) is 54.6 Å². The zero-order chi connectivity index (χ0) is 18.2. The second-order valence-corrected chi connectivity index (χ2v) is 6.13. The van der Waals surface area contributed by atoms with E-state index in [2.05, 4.69) is 16.0 Å². The first-order chi connectivity index (χ1) is 12.0. The fraction of sp³-hybridized carbons (Fsp3) is 0.300. The van der Waals surface area contributed by atoms with Crippen LogP contribution in [0.4, 0.5) is 5.69 Å². The fourth-order valence-electron chi connectivity index (χ4n) is 2.52. The van der Waals surface area contributed by atoms with Crippen LogP contribution in [-0.2, 0) is 4.79 Å². The quantitative estimate of drug-likeness (QED) is 0.694. The molecule has 0 aliphatic heterocycles. The van der Waals surface area contributed by atoms with Crippen LogP contribution in [0.2, 0.25) is 0 Å². The van der Waals surface area contributed by atoms with Crippen molar-refractivity contribution in [3.63, 3.8) is 0 Å². The number of amides is 2. The van der Waals surface area contributed by atoms with Gasteiger partial charge < -0.3 is 16.0 Å². The van der Waals surface area contributed by atoms with Crippen LogP contribution in [0.3, 0.4) is 0 Å². The monoisotopic (exact) mass is 375 g/mol. The van der Waals surface area contributed by atoms with Crippen molar-refractivity contribution in [1.82, 2.24) is 10.6 Å². The van der Waals surface area contributed by atoms with E-state index in [1.807, 2.05) is 63.4 Å². The molecule has 5 nitrogen and oxygen atoms in total. The van der Waals surface area contributed by atoms with Crippen LogP contribution in [-0.4, -0.2) is 25.4 Å². The average molecular weight is 376 g/mol. The van der Waals surface area contributed by atoms with Crippen LogP contribution >= 0.6 is 12.4 Å². The Bertz CT molecular complexity index is 722. The molecule has 0 bridgehead atoms. The topological polar surface area (TPSA) is 70.2 Å². The van der Waals surface area contributed by atoms with E-state index >= 15 is 0 Å². The molecular weight excluding hydrogens is 350 g/mol. The first-order valence-corrected chi connectivity index (χ1v) is 8.42. The summed E-state index contributed by atoms with van der Waals surface area (Å²) >= 11 is 0. The summed E-state index contributed by atoms with van der Waals surface area (Å²) in [6, 6.07) is 16.5.